The fourth-order valence-electron chi connectivity index (χ4n) is 1.57. The van der Waals surface area contributed by atoms with Crippen LogP contribution in [0.25, 0.3) is 11.1 Å². The monoisotopic (exact) mass is 270 g/mol. The highest BCUT2D eigenvalue weighted by atomic mass is 35.5. The number of halogens is 3. The largest absolute Gasteiger partial charge is 0.392 e. The Hall–Kier alpha value is -1.09. The lowest BCUT2D eigenvalue weighted by Gasteiger charge is -2.07. The van der Waals surface area contributed by atoms with Gasteiger partial charge in [-0.1, -0.05) is 41.4 Å². The van der Waals surface area contributed by atoms with Gasteiger partial charge in [0, 0.05) is 21.2 Å². The summed E-state index contributed by atoms with van der Waals surface area (Å²) in [4.78, 5) is 0. The van der Waals surface area contributed by atoms with E-state index < -0.39 is 5.82 Å². The normalized spacial score (nSPS) is 10.6. The van der Waals surface area contributed by atoms with Crippen molar-refractivity contribution in [3.63, 3.8) is 0 Å². The summed E-state index contributed by atoms with van der Waals surface area (Å²) < 4.78 is 13.5. The Labute approximate surface area is 108 Å². The lowest BCUT2D eigenvalue weighted by molar-refractivity contribution is 0.276. The molecule has 0 unspecified atom stereocenters. The first-order valence-electron chi connectivity index (χ1n) is 4.96. The smallest absolute Gasteiger partial charge is 0.129 e. The zero-order valence-corrected chi connectivity index (χ0v) is 10.3. The Balaban J connectivity index is 2.50. The molecule has 0 aliphatic rings. The molecule has 88 valence electrons. The summed E-state index contributed by atoms with van der Waals surface area (Å²) in [5, 5.41) is 9.89. The minimum atomic E-state index is -0.448. The van der Waals surface area contributed by atoms with Crippen LogP contribution in [0, 0.1) is 5.82 Å². The van der Waals surface area contributed by atoms with Gasteiger partial charge in [-0.3, -0.25) is 0 Å². The first kappa shape index (κ1) is 12.4. The van der Waals surface area contributed by atoms with Crippen molar-refractivity contribution in [1.29, 1.82) is 0 Å². The van der Waals surface area contributed by atoms with Gasteiger partial charge in [0.1, 0.15) is 5.82 Å². The molecule has 0 saturated heterocycles. The van der Waals surface area contributed by atoms with Crippen LogP contribution in [0.15, 0.2) is 36.4 Å². The highest BCUT2D eigenvalue weighted by Crippen LogP contribution is 2.31. The molecule has 0 radical (unpaired) electrons. The maximum atomic E-state index is 13.5. The van der Waals surface area contributed by atoms with Crippen LogP contribution >= 0.6 is 23.2 Å². The third-order valence-corrected chi connectivity index (χ3v) is 3.01. The summed E-state index contributed by atoms with van der Waals surface area (Å²) in [6, 6.07) is 9.63. The predicted molar refractivity (Wildman–Crippen MR) is 67.8 cm³/mol. The van der Waals surface area contributed by atoms with Crippen LogP contribution in [0.3, 0.4) is 0 Å². The Morgan fingerprint density at radius 2 is 1.82 bits per heavy atom. The average molecular weight is 271 g/mol. The molecule has 0 fully saturated rings. The summed E-state index contributed by atoms with van der Waals surface area (Å²) in [6.07, 6.45) is 0. The molecule has 0 saturated carbocycles. The highest BCUT2D eigenvalue weighted by Gasteiger charge is 2.07. The molecule has 0 aliphatic carbocycles. The second-order valence-corrected chi connectivity index (χ2v) is 4.43. The molecule has 1 nitrogen and oxygen atoms in total. The minimum Gasteiger partial charge on any atom is -0.392 e. The fourth-order valence-corrected chi connectivity index (χ4v) is 2.08. The van der Waals surface area contributed by atoms with Crippen molar-refractivity contribution in [2.24, 2.45) is 0 Å². The quantitative estimate of drug-likeness (QED) is 0.863. The van der Waals surface area contributed by atoms with Crippen molar-refractivity contribution in [2.75, 3.05) is 0 Å². The lowest BCUT2D eigenvalue weighted by Crippen LogP contribution is -1.90. The van der Waals surface area contributed by atoms with Crippen molar-refractivity contribution >= 4 is 23.2 Å². The van der Waals surface area contributed by atoms with Gasteiger partial charge in [-0.25, -0.2) is 4.39 Å². The van der Waals surface area contributed by atoms with Crippen molar-refractivity contribution in [2.45, 2.75) is 6.61 Å². The van der Waals surface area contributed by atoms with Crippen molar-refractivity contribution in [3.8, 4) is 11.1 Å². The third-order valence-electron chi connectivity index (χ3n) is 2.47. The predicted octanol–water partition coefficient (Wildman–Crippen LogP) is 4.29. The van der Waals surface area contributed by atoms with Crippen LogP contribution in [0.1, 0.15) is 5.56 Å². The van der Waals surface area contributed by atoms with Gasteiger partial charge >= 0.3 is 0 Å². The van der Waals surface area contributed by atoms with E-state index >= 15 is 0 Å². The maximum absolute atomic E-state index is 13.5. The van der Waals surface area contributed by atoms with E-state index in [9.17, 15) is 4.39 Å². The zero-order chi connectivity index (χ0) is 12.4. The van der Waals surface area contributed by atoms with Gasteiger partial charge in [0.2, 0.25) is 0 Å². The molecule has 1 N–H and O–H groups in total. The number of rotatable bonds is 2. The van der Waals surface area contributed by atoms with Gasteiger partial charge in [-0.15, -0.1) is 0 Å². The van der Waals surface area contributed by atoms with E-state index in [0.717, 1.165) is 0 Å². The molecule has 0 atom stereocenters. The van der Waals surface area contributed by atoms with E-state index in [1.165, 1.54) is 12.1 Å². The summed E-state index contributed by atoms with van der Waals surface area (Å²) in [6.45, 7) is -0.319. The van der Waals surface area contributed by atoms with E-state index in [2.05, 4.69) is 0 Å². The van der Waals surface area contributed by atoms with Crippen molar-refractivity contribution in [1.82, 2.24) is 0 Å². The molecule has 4 heteroatoms. The number of aliphatic hydroxyl groups excluding tert-OH is 1. The van der Waals surface area contributed by atoms with Crippen LogP contribution < -0.4 is 0 Å². The first-order valence-corrected chi connectivity index (χ1v) is 5.72. The van der Waals surface area contributed by atoms with E-state index in [1.807, 2.05) is 0 Å². The van der Waals surface area contributed by atoms with Gasteiger partial charge in [0.15, 0.2) is 0 Å². The minimum absolute atomic E-state index is 0.263. The Morgan fingerprint density at radius 3 is 2.41 bits per heavy atom. The van der Waals surface area contributed by atoms with Crippen molar-refractivity contribution < 1.29 is 9.50 Å². The second-order valence-electron chi connectivity index (χ2n) is 3.59. The highest BCUT2D eigenvalue weighted by molar-refractivity contribution is 6.36. The van der Waals surface area contributed by atoms with Gasteiger partial charge in [0.25, 0.3) is 0 Å². The SMILES string of the molecule is OCc1ccc(-c2ccc(Cl)cc2Cl)cc1F. The van der Waals surface area contributed by atoms with Gasteiger partial charge in [0.05, 0.1) is 6.61 Å². The molecule has 0 bridgehead atoms. The second kappa shape index (κ2) is 5.05. The number of hydrogen-bond donors (Lipinski definition) is 1. The summed E-state index contributed by atoms with van der Waals surface area (Å²) >= 11 is 11.8. The molecule has 0 aliphatic heterocycles. The number of hydrogen-bond acceptors (Lipinski definition) is 1. The number of aliphatic hydroxyl groups is 1. The molecule has 0 amide bonds. The fraction of sp³-hybridized carbons (Fsp3) is 0.0769. The molecule has 2 aromatic carbocycles. The standard InChI is InChI=1S/C13H9Cl2FO/c14-10-3-4-11(12(15)6-10)8-1-2-9(7-17)13(16)5-8/h1-6,17H,7H2. The van der Waals surface area contributed by atoms with Gasteiger partial charge in [-0.05, 0) is 23.8 Å². The first-order chi connectivity index (χ1) is 8.11. The van der Waals surface area contributed by atoms with Gasteiger partial charge in [-0.2, -0.15) is 0 Å². The Bertz CT molecular complexity index is 555. The maximum Gasteiger partial charge on any atom is 0.129 e. The van der Waals surface area contributed by atoms with E-state index in [1.54, 1.807) is 24.3 Å². The van der Waals surface area contributed by atoms with Crippen molar-refractivity contribution in [3.05, 3.63) is 57.8 Å². The molecule has 0 spiro atoms. The molecule has 0 aromatic heterocycles. The van der Waals surface area contributed by atoms with Crippen LogP contribution in [0.2, 0.25) is 10.0 Å². The summed E-state index contributed by atoms with van der Waals surface area (Å²) in [5.74, 6) is -0.448. The third kappa shape index (κ3) is 2.60. The summed E-state index contributed by atoms with van der Waals surface area (Å²) in [7, 11) is 0. The Morgan fingerprint density at radius 1 is 1.06 bits per heavy atom. The molecule has 17 heavy (non-hydrogen) atoms. The van der Waals surface area contributed by atoms with E-state index in [4.69, 9.17) is 28.3 Å². The molecule has 2 rings (SSSR count). The lowest BCUT2D eigenvalue weighted by atomic mass is 10.0. The van der Waals surface area contributed by atoms with Crippen LogP contribution in [0.5, 0.6) is 0 Å². The molecular weight excluding hydrogens is 262 g/mol. The Kier molecular flexibility index (Phi) is 3.67. The summed E-state index contributed by atoms with van der Waals surface area (Å²) in [5.41, 5.74) is 1.62. The van der Waals surface area contributed by atoms with E-state index in [-0.39, 0.29) is 12.2 Å². The average Bonchev–Trinajstić information content (AvgIpc) is 2.29. The van der Waals surface area contributed by atoms with E-state index in [0.29, 0.717) is 21.2 Å². The van der Waals surface area contributed by atoms with Gasteiger partial charge < -0.3 is 5.11 Å². The molecular formula is C13H9Cl2FO. The van der Waals surface area contributed by atoms with Crippen LogP contribution in [0.4, 0.5) is 4.39 Å². The molecule has 2 aromatic rings. The number of benzene rings is 2. The van der Waals surface area contributed by atoms with Crippen LogP contribution in [-0.4, -0.2) is 5.11 Å². The molecule has 0 heterocycles. The zero-order valence-electron chi connectivity index (χ0n) is 8.75. The van der Waals surface area contributed by atoms with Crippen LogP contribution in [-0.2, 0) is 6.61 Å². The topological polar surface area (TPSA) is 20.2 Å².